The Morgan fingerprint density at radius 2 is 1.66 bits per heavy atom. The van der Waals surface area contributed by atoms with Crippen molar-refractivity contribution in [2.45, 2.75) is 18.9 Å². The van der Waals surface area contributed by atoms with Crippen LogP contribution in [0.15, 0.2) is 48.5 Å². The van der Waals surface area contributed by atoms with E-state index in [2.05, 4.69) is 0 Å². The predicted octanol–water partition coefficient (Wildman–Crippen LogP) is 2.23. The lowest BCUT2D eigenvalue weighted by atomic mass is 9.88. The smallest absolute Gasteiger partial charge is 0.407 e. The maximum atomic E-state index is 12.5. The predicted molar refractivity (Wildman–Crippen MR) is 116 cm³/mol. The zero-order valence-electron chi connectivity index (χ0n) is 17.3. The molecule has 3 rings (SSSR count). The van der Waals surface area contributed by atoms with Gasteiger partial charge in [-0.2, -0.15) is 0 Å². The molecule has 0 aromatic heterocycles. The van der Waals surface area contributed by atoms with Crippen LogP contribution >= 0.6 is 0 Å². The Hall–Kier alpha value is -3.15. The molecule has 0 aliphatic carbocycles. The van der Waals surface area contributed by atoms with E-state index in [9.17, 15) is 23.6 Å². The van der Waals surface area contributed by atoms with Crippen LogP contribution in [-0.4, -0.2) is 62.2 Å². The number of likely N-dealkylation sites (tertiary alicyclic amines) is 1. The minimum atomic E-state index is -2.82. The second-order valence-electron chi connectivity index (χ2n) is 7.35. The number of ether oxygens (including phenoxy) is 1. The van der Waals surface area contributed by atoms with Crippen LogP contribution in [0.3, 0.4) is 0 Å². The summed E-state index contributed by atoms with van der Waals surface area (Å²) in [6, 6.07) is 12.8. The monoisotopic (exact) mass is 462 g/mol. The molecule has 2 unspecified atom stereocenters. The molecule has 1 aliphatic heterocycles. The highest BCUT2D eigenvalue weighted by molar-refractivity contribution is 7.80. The molecule has 172 valence electrons. The molecule has 32 heavy (non-hydrogen) atoms. The first-order valence-electron chi connectivity index (χ1n) is 9.90. The number of carbonyl (C=O) groups excluding carboxylic acids is 1. The minimum Gasteiger partial charge on any atom is -0.755 e. The number of carboxylic acid groups (broad SMARTS) is 1. The number of anilines is 1. The topological polar surface area (TPSA) is 142 Å². The van der Waals surface area contributed by atoms with Crippen molar-refractivity contribution in [1.82, 2.24) is 10.4 Å². The standard InChI is InChI=1S/C21H25N3O7S/c1-31-18-8-4-15(5-9-18)14-2-6-17(7-3-14)24(32(29)30)19(20(25)22-28)16-10-12-23(13-11-16)21(26)27/h2-9,16,19,28H,10-13H2,1H3,(H,22,25)(H,26,27)(H,29,30)/p-1. The number of nitrogens with one attached hydrogen (secondary N) is 1. The van der Waals surface area contributed by atoms with Gasteiger partial charge in [-0.3, -0.25) is 18.5 Å². The van der Waals surface area contributed by atoms with Gasteiger partial charge in [0.05, 0.1) is 7.11 Å². The van der Waals surface area contributed by atoms with E-state index in [4.69, 9.17) is 9.84 Å². The quantitative estimate of drug-likeness (QED) is 0.325. The van der Waals surface area contributed by atoms with Gasteiger partial charge in [0, 0.05) is 30.0 Å². The van der Waals surface area contributed by atoms with E-state index >= 15 is 0 Å². The maximum absolute atomic E-state index is 12.5. The Kier molecular flexibility index (Phi) is 7.67. The highest BCUT2D eigenvalue weighted by Crippen LogP contribution is 2.31. The summed E-state index contributed by atoms with van der Waals surface area (Å²) in [7, 11) is 1.58. The molecule has 10 nitrogen and oxygen atoms in total. The molecule has 2 atom stereocenters. The molecule has 1 saturated heterocycles. The van der Waals surface area contributed by atoms with Crippen LogP contribution in [0.5, 0.6) is 5.75 Å². The largest absolute Gasteiger partial charge is 0.755 e. The summed E-state index contributed by atoms with van der Waals surface area (Å²) in [4.78, 5) is 24.9. The summed E-state index contributed by atoms with van der Waals surface area (Å²) in [5.41, 5.74) is 3.55. The van der Waals surface area contributed by atoms with Crippen molar-refractivity contribution in [2.24, 2.45) is 5.92 Å². The Balaban J connectivity index is 1.87. The fourth-order valence-corrected chi connectivity index (χ4v) is 4.66. The molecule has 0 radical (unpaired) electrons. The van der Waals surface area contributed by atoms with Crippen LogP contribution in [-0.2, 0) is 16.1 Å². The third-order valence-corrected chi connectivity index (χ3v) is 6.35. The van der Waals surface area contributed by atoms with Crippen LogP contribution in [0.4, 0.5) is 10.5 Å². The number of piperidine rings is 1. The van der Waals surface area contributed by atoms with Crippen molar-refractivity contribution in [2.75, 3.05) is 24.5 Å². The van der Waals surface area contributed by atoms with E-state index in [1.165, 1.54) is 4.90 Å². The highest BCUT2D eigenvalue weighted by Gasteiger charge is 2.37. The van der Waals surface area contributed by atoms with E-state index in [0.29, 0.717) is 5.75 Å². The summed E-state index contributed by atoms with van der Waals surface area (Å²) >= 11 is -2.82. The molecule has 1 fully saturated rings. The zero-order chi connectivity index (χ0) is 23.3. The zero-order valence-corrected chi connectivity index (χ0v) is 18.2. The number of hydroxylamine groups is 1. The number of methoxy groups -OCH3 is 1. The number of rotatable bonds is 7. The molecule has 2 aromatic carbocycles. The number of nitrogens with zero attached hydrogens (tertiary/aromatic N) is 2. The Morgan fingerprint density at radius 1 is 1.12 bits per heavy atom. The Bertz CT molecular complexity index is 960. The van der Waals surface area contributed by atoms with Crippen molar-refractivity contribution >= 4 is 29.0 Å². The van der Waals surface area contributed by atoms with Gasteiger partial charge in [0.15, 0.2) is 0 Å². The van der Waals surface area contributed by atoms with Gasteiger partial charge in [-0.25, -0.2) is 10.3 Å². The summed E-state index contributed by atoms with van der Waals surface area (Å²) in [5.74, 6) is -0.635. The molecular formula is C21H24N3O7S-. The SMILES string of the molecule is COc1ccc(-c2ccc(N(C(C(=O)NO)C3CCN(C(=O)O)CC3)S(=O)[O-])cc2)cc1. The molecule has 3 N–H and O–H groups in total. The summed E-state index contributed by atoms with van der Waals surface area (Å²) in [5, 5.41) is 18.4. The number of benzene rings is 2. The van der Waals surface area contributed by atoms with Gasteiger partial charge in [-0.1, -0.05) is 24.3 Å². The molecule has 2 aromatic rings. The van der Waals surface area contributed by atoms with Crippen molar-refractivity contribution in [3.63, 3.8) is 0 Å². The van der Waals surface area contributed by atoms with E-state index in [1.54, 1.807) is 36.9 Å². The number of amides is 2. The van der Waals surface area contributed by atoms with E-state index < -0.39 is 35.2 Å². The average Bonchev–Trinajstić information content (AvgIpc) is 2.82. The minimum absolute atomic E-state index is 0.172. The molecule has 0 saturated carbocycles. The van der Waals surface area contributed by atoms with Gasteiger partial charge in [0.1, 0.15) is 11.8 Å². The van der Waals surface area contributed by atoms with E-state index in [0.717, 1.165) is 15.4 Å². The third kappa shape index (κ3) is 5.18. The fourth-order valence-electron chi connectivity index (χ4n) is 3.91. The van der Waals surface area contributed by atoms with E-state index in [1.807, 2.05) is 24.3 Å². The highest BCUT2D eigenvalue weighted by atomic mass is 32.2. The number of carbonyl (C=O) groups is 2. The lowest BCUT2D eigenvalue weighted by molar-refractivity contribution is -0.131. The maximum Gasteiger partial charge on any atom is 0.407 e. The normalized spacial score (nSPS) is 16.2. The second-order valence-corrected chi connectivity index (χ2v) is 8.17. The Morgan fingerprint density at radius 3 is 2.09 bits per heavy atom. The molecule has 0 spiro atoms. The molecular weight excluding hydrogens is 438 g/mol. The first kappa shape index (κ1) is 23.5. The Labute approximate surface area is 187 Å². The summed E-state index contributed by atoms with van der Waals surface area (Å²) in [6.45, 7) is 0.343. The van der Waals surface area contributed by atoms with Crippen molar-refractivity contribution in [3.05, 3.63) is 48.5 Å². The van der Waals surface area contributed by atoms with Gasteiger partial charge in [0.25, 0.3) is 5.91 Å². The molecule has 1 aliphatic rings. The van der Waals surface area contributed by atoms with Crippen molar-refractivity contribution in [1.29, 1.82) is 0 Å². The van der Waals surface area contributed by atoms with Crippen LogP contribution in [0.2, 0.25) is 0 Å². The van der Waals surface area contributed by atoms with Crippen molar-refractivity contribution < 1.29 is 33.4 Å². The van der Waals surface area contributed by atoms with Gasteiger partial charge >= 0.3 is 6.09 Å². The van der Waals surface area contributed by atoms with Gasteiger partial charge < -0.3 is 19.3 Å². The first-order chi connectivity index (χ1) is 15.3. The summed E-state index contributed by atoms with van der Waals surface area (Å²) < 4.78 is 30.4. The number of hydrogen-bond donors (Lipinski definition) is 3. The molecule has 2 amide bonds. The lowest BCUT2D eigenvalue weighted by Gasteiger charge is -2.40. The average molecular weight is 463 g/mol. The first-order valence-corrected chi connectivity index (χ1v) is 10.9. The van der Waals surface area contributed by atoms with Crippen LogP contribution in [0.1, 0.15) is 12.8 Å². The van der Waals surface area contributed by atoms with Crippen LogP contribution in [0.25, 0.3) is 11.1 Å². The van der Waals surface area contributed by atoms with Crippen LogP contribution in [0, 0.1) is 5.92 Å². The third-order valence-electron chi connectivity index (χ3n) is 5.59. The van der Waals surface area contributed by atoms with Gasteiger partial charge in [-0.15, -0.1) is 0 Å². The molecule has 1 heterocycles. The molecule has 0 bridgehead atoms. The second kappa shape index (κ2) is 10.4. The fraction of sp³-hybridized carbons (Fsp3) is 0.333. The summed E-state index contributed by atoms with van der Waals surface area (Å²) in [6.07, 6.45) is -0.505. The van der Waals surface area contributed by atoms with Crippen LogP contribution < -0.4 is 14.5 Å². The molecule has 11 heteroatoms. The van der Waals surface area contributed by atoms with E-state index in [-0.39, 0.29) is 31.6 Å². The number of hydrogen-bond acceptors (Lipinski definition) is 6. The van der Waals surface area contributed by atoms with Gasteiger partial charge in [0.2, 0.25) is 0 Å². The lowest BCUT2D eigenvalue weighted by Crippen LogP contribution is -2.54. The van der Waals surface area contributed by atoms with Crippen molar-refractivity contribution in [3.8, 4) is 16.9 Å². The van der Waals surface area contributed by atoms with Gasteiger partial charge in [-0.05, 0) is 54.2 Å².